The fraction of sp³-hybridized carbons (Fsp3) is 0.417. The summed E-state index contributed by atoms with van der Waals surface area (Å²) in [5, 5.41) is 3.06. The molecule has 6 heteroatoms. The van der Waals surface area contributed by atoms with Crippen molar-refractivity contribution in [3.8, 4) is 5.75 Å². The van der Waals surface area contributed by atoms with Gasteiger partial charge in [-0.3, -0.25) is 9.59 Å². The number of likely N-dealkylation sites (N-methyl/N-ethyl adjacent to an activating group) is 1. The number of hydrogen-bond acceptors (Lipinski definition) is 4. The Labute approximate surface area is 178 Å². The maximum atomic E-state index is 12.8. The van der Waals surface area contributed by atoms with Crippen molar-refractivity contribution in [2.75, 3.05) is 39.2 Å². The van der Waals surface area contributed by atoms with E-state index in [2.05, 4.69) is 10.2 Å². The molecule has 1 heterocycles. The van der Waals surface area contributed by atoms with E-state index in [0.29, 0.717) is 13.1 Å². The van der Waals surface area contributed by atoms with Crippen LogP contribution in [-0.4, -0.2) is 51.0 Å². The third-order valence-corrected chi connectivity index (χ3v) is 5.96. The molecule has 2 atom stereocenters. The minimum Gasteiger partial charge on any atom is -0.497 e. The molecule has 1 aliphatic heterocycles. The third-order valence-electron chi connectivity index (χ3n) is 5.96. The van der Waals surface area contributed by atoms with Crippen molar-refractivity contribution in [2.24, 2.45) is 5.92 Å². The molecule has 1 aliphatic rings. The van der Waals surface area contributed by atoms with Gasteiger partial charge in [0, 0.05) is 25.2 Å². The first kappa shape index (κ1) is 21.8. The zero-order valence-electron chi connectivity index (χ0n) is 18.4. The van der Waals surface area contributed by atoms with E-state index in [1.807, 2.05) is 70.4 Å². The van der Waals surface area contributed by atoms with Crippen LogP contribution in [-0.2, 0) is 9.59 Å². The van der Waals surface area contributed by atoms with Gasteiger partial charge in [0.1, 0.15) is 5.75 Å². The Morgan fingerprint density at radius 1 is 1.20 bits per heavy atom. The molecule has 2 aromatic rings. The summed E-state index contributed by atoms with van der Waals surface area (Å²) in [5.74, 6) is 0.395. The number of nitrogens with one attached hydrogen (secondary N) is 1. The average Bonchev–Trinajstić information content (AvgIpc) is 3.12. The van der Waals surface area contributed by atoms with Crippen molar-refractivity contribution in [1.29, 1.82) is 0 Å². The highest BCUT2D eigenvalue weighted by Crippen LogP contribution is 2.29. The molecule has 0 aliphatic carbocycles. The summed E-state index contributed by atoms with van der Waals surface area (Å²) >= 11 is 0. The van der Waals surface area contributed by atoms with Crippen molar-refractivity contribution in [3.63, 3.8) is 0 Å². The van der Waals surface area contributed by atoms with Crippen LogP contribution in [0.2, 0.25) is 0 Å². The fourth-order valence-electron chi connectivity index (χ4n) is 3.91. The van der Waals surface area contributed by atoms with Crippen LogP contribution in [0.15, 0.2) is 42.5 Å². The number of methoxy groups -OCH3 is 1. The first-order valence-corrected chi connectivity index (χ1v) is 10.3. The fourth-order valence-corrected chi connectivity index (χ4v) is 3.91. The van der Waals surface area contributed by atoms with Gasteiger partial charge in [-0.1, -0.05) is 24.3 Å². The second kappa shape index (κ2) is 9.30. The van der Waals surface area contributed by atoms with Crippen molar-refractivity contribution in [1.82, 2.24) is 10.2 Å². The monoisotopic (exact) mass is 409 g/mol. The van der Waals surface area contributed by atoms with Gasteiger partial charge in [0.15, 0.2) is 0 Å². The Bertz CT molecular complexity index is 908. The summed E-state index contributed by atoms with van der Waals surface area (Å²) in [5.41, 5.74) is 4.22. The molecule has 3 rings (SSSR count). The van der Waals surface area contributed by atoms with E-state index < -0.39 is 0 Å². The number of carbonyl (C=O) groups excluding carboxylic acids is 2. The van der Waals surface area contributed by atoms with Crippen molar-refractivity contribution in [2.45, 2.75) is 26.3 Å². The Morgan fingerprint density at radius 3 is 2.53 bits per heavy atom. The van der Waals surface area contributed by atoms with E-state index in [1.165, 1.54) is 0 Å². The molecular formula is C24H31N3O3. The Hall–Kier alpha value is -2.86. The van der Waals surface area contributed by atoms with Gasteiger partial charge in [0.2, 0.25) is 11.8 Å². The molecule has 0 bridgehead atoms. The summed E-state index contributed by atoms with van der Waals surface area (Å²) in [6.07, 6.45) is 0.244. The van der Waals surface area contributed by atoms with Crippen LogP contribution < -0.4 is 15.0 Å². The normalized spacial score (nSPS) is 17.3. The van der Waals surface area contributed by atoms with E-state index in [-0.39, 0.29) is 30.2 Å². The zero-order valence-corrected chi connectivity index (χ0v) is 18.4. The van der Waals surface area contributed by atoms with Gasteiger partial charge >= 0.3 is 0 Å². The predicted octanol–water partition coefficient (Wildman–Crippen LogP) is 3.08. The molecule has 0 spiro atoms. The molecule has 1 fully saturated rings. The number of aryl methyl sites for hydroxylation is 1. The SMILES string of the molecule is COc1ccc(C(CNC(=O)C2CC(=O)N(c3cccc(C)c3C)C2)N(C)C)cc1. The molecule has 2 unspecified atom stereocenters. The Balaban J connectivity index is 1.65. The molecule has 1 N–H and O–H groups in total. The van der Waals surface area contributed by atoms with Crippen LogP contribution in [0.1, 0.15) is 29.2 Å². The van der Waals surface area contributed by atoms with E-state index in [4.69, 9.17) is 4.74 Å². The Morgan fingerprint density at radius 2 is 1.90 bits per heavy atom. The molecule has 6 nitrogen and oxygen atoms in total. The quantitative estimate of drug-likeness (QED) is 0.763. The molecule has 30 heavy (non-hydrogen) atoms. The summed E-state index contributed by atoms with van der Waals surface area (Å²) in [4.78, 5) is 29.3. The van der Waals surface area contributed by atoms with E-state index in [9.17, 15) is 9.59 Å². The first-order valence-electron chi connectivity index (χ1n) is 10.3. The number of rotatable bonds is 7. The molecule has 0 saturated carbocycles. The van der Waals surface area contributed by atoms with E-state index in [0.717, 1.165) is 28.1 Å². The largest absolute Gasteiger partial charge is 0.497 e. The maximum Gasteiger partial charge on any atom is 0.227 e. The summed E-state index contributed by atoms with van der Waals surface area (Å²) in [7, 11) is 5.62. The average molecular weight is 410 g/mol. The zero-order chi connectivity index (χ0) is 21.8. The third kappa shape index (κ3) is 4.65. The van der Waals surface area contributed by atoms with Crippen molar-refractivity contribution < 1.29 is 14.3 Å². The topological polar surface area (TPSA) is 61.9 Å². The second-order valence-electron chi connectivity index (χ2n) is 8.12. The lowest BCUT2D eigenvalue weighted by atomic mass is 10.0. The minimum absolute atomic E-state index is 0.00293. The predicted molar refractivity (Wildman–Crippen MR) is 119 cm³/mol. The van der Waals surface area contributed by atoms with Gasteiger partial charge in [-0.2, -0.15) is 0 Å². The maximum absolute atomic E-state index is 12.8. The standard InChI is InChI=1S/C24H31N3O3/c1-16-7-6-8-21(17(16)2)27-15-19(13-23(27)28)24(29)25-14-22(26(3)4)18-9-11-20(30-5)12-10-18/h6-12,19,22H,13-15H2,1-5H3,(H,25,29). The molecule has 2 aromatic carbocycles. The highest BCUT2D eigenvalue weighted by atomic mass is 16.5. The number of hydrogen-bond donors (Lipinski definition) is 1. The number of amides is 2. The van der Waals surface area contributed by atoms with E-state index >= 15 is 0 Å². The van der Waals surface area contributed by atoms with Crippen LogP contribution >= 0.6 is 0 Å². The summed E-state index contributed by atoms with van der Waals surface area (Å²) in [6, 6.07) is 13.8. The van der Waals surface area contributed by atoms with Gasteiger partial charge in [-0.25, -0.2) is 0 Å². The van der Waals surface area contributed by atoms with Gasteiger partial charge < -0.3 is 19.9 Å². The van der Waals surface area contributed by atoms with Crippen LogP contribution in [0.25, 0.3) is 0 Å². The van der Waals surface area contributed by atoms with Crippen LogP contribution in [0.5, 0.6) is 5.75 Å². The number of ether oxygens (including phenoxy) is 1. The summed E-state index contributed by atoms with van der Waals surface area (Å²) in [6.45, 7) is 4.95. The van der Waals surface area contributed by atoms with E-state index in [1.54, 1.807) is 12.0 Å². The highest BCUT2D eigenvalue weighted by Gasteiger charge is 2.36. The van der Waals surface area contributed by atoms with Gasteiger partial charge in [0.25, 0.3) is 0 Å². The highest BCUT2D eigenvalue weighted by molar-refractivity contribution is 6.00. The first-order chi connectivity index (χ1) is 14.3. The number of benzene rings is 2. The lowest BCUT2D eigenvalue weighted by Gasteiger charge is -2.26. The molecule has 2 amide bonds. The van der Waals surface area contributed by atoms with Crippen LogP contribution in [0.4, 0.5) is 5.69 Å². The molecule has 1 saturated heterocycles. The Kier molecular flexibility index (Phi) is 6.77. The lowest BCUT2D eigenvalue weighted by molar-refractivity contribution is -0.126. The second-order valence-corrected chi connectivity index (χ2v) is 8.12. The molecule has 0 radical (unpaired) electrons. The lowest BCUT2D eigenvalue weighted by Crippen LogP contribution is -2.38. The van der Waals surface area contributed by atoms with Gasteiger partial charge in [-0.15, -0.1) is 0 Å². The van der Waals surface area contributed by atoms with Gasteiger partial charge in [0.05, 0.1) is 19.1 Å². The van der Waals surface area contributed by atoms with Crippen LogP contribution in [0, 0.1) is 19.8 Å². The minimum atomic E-state index is -0.337. The van der Waals surface area contributed by atoms with Crippen molar-refractivity contribution in [3.05, 3.63) is 59.2 Å². The molecular weight excluding hydrogens is 378 g/mol. The molecule has 160 valence electrons. The summed E-state index contributed by atoms with van der Waals surface area (Å²) < 4.78 is 5.23. The van der Waals surface area contributed by atoms with Crippen molar-refractivity contribution >= 4 is 17.5 Å². The smallest absolute Gasteiger partial charge is 0.227 e. The van der Waals surface area contributed by atoms with Gasteiger partial charge in [-0.05, 0) is 62.8 Å². The number of carbonyl (C=O) groups is 2. The molecule has 0 aromatic heterocycles. The number of nitrogens with zero attached hydrogens (tertiary/aromatic N) is 2. The number of anilines is 1. The van der Waals surface area contributed by atoms with Crippen LogP contribution in [0.3, 0.4) is 0 Å².